The molecule has 5 N–H and O–H groups in total. The highest BCUT2D eigenvalue weighted by Crippen LogP contribution is 2.28. The maximum absolute atomic E-state index is 13.4. The number of amides is 3. The molecule has 0 bridgehead atoms. The zero-order valence-electron chi connectivity index (χ0n) is 44.1. The Balaban J connectivity index is 0.000000226. The van der Waals surface area contributed by atoms with Gasteiger partial charge in [-0.15, -0.1) is 0 Å². The topological polar surface area (TPSA) is 272 Å². The van der Waals surface area contributed by atoms with E-state index in [1.807, 2.05) is 32.0 Å². The molecule has 24 nitrogen and oxygen atoms in total. The number of anilines is 6. The Labute approximate surface area is 456 Å². The molecule has 10 rings (SSSR count). The van der Waals surface area contributed by atoms with Crippen LogP contribution in [0.2, 0.25) is 0 Å². The summed E-state index contributed by atoms with van der Waals surface area (Å²) in [5.41, 5.74) is 3.26. The molecule has 24 heteroatoms. The quantitative estimate of drug-likeness (QED) is 0.0723. The lowest BCUT2D eigenvalue weighted by Crippen LogP contribution is -2.51. The molecule has 8 aromatic rings. The van der Waals surface area contributed by atoms with E-state index in [1.54, 1.807) is 114 Å². The van der Waals surface area contributed by atoms with Crippen molar-refractivity contribution < 1.29 is 28.6 Å². The molecule has 2 aliphatic rings. The van der Waals surface area contributed by atoms with E-state index in [-0.39, 0.29) is 90.6 Å². The van der Waals surface area contributed by atoms with Crippen molar-refractivity contribution >= 4 is 63.8 Å². The summed E-state index contributed by atoms with van der Waals surface area (Å²) in [6, 6.07) is 17.2. The van der Waals surface area contributed by atoms with Crippen LogP contribution in [0.25, 0.3) is 22.7 Å². The number of rotatable bonds is 14. The molecule has 2 aliphatic carbocycles. The Morgan fingerprint density at radius 3 is 1.54 bits per heavy atom. The molecular formula is C55H68N16O8. The fourth-order valence-electron chi connectivity index (χ4n) is 8.59. The second kappa shape index (κ2) is 24.1. The van der Waals surface area contributed by atoms with Gasteiger partial charge in [0.2, 0.25) is 0 Å². The molecule has 4 atom stereocenters. The van der Waals surface area contributed by atoms with Crippen molar-refractivity contribution in [2.45, 2.75) is 105 Å². The van der Waals surface area contributed by atoms with Crippen LogP contribution in [-0.2, 0) is 14.2 Å². The summed E-state index contributed by atoms with van der Waals surface area (Å²) in [6.45, 7) is 9.05. The van der Waals surface area contributed by atoms with Crippen LogP contribution in [-0.4, -0.2) is 124 Å². The number of methoxy groups -OCH3 is 2. The first-order valence-electron chi connectivity index (χ1n) is 24.9. The van der Waals surface area contributed by atoms with Gasteiger partial charge in [-0.25, -0.2) is 14.8 Å². The van der Waals surface area contributed by atoms with Gasteiger partial charge in [-0.2, -0.15) is 19.2 Å². The summed E-state index contributed by atoms with van der Waals surface area (Å²) in [7, 11) is 6.54. The van der Waals surface area contributed by atoms with Gasteiger partial charge >= 0.3 is 6.09 Å². The molecular weight excluding hydrogens is 1010 g/mol. The first-order chi connectivity index (χ1) is 36.9. The predicted octanol–water partition coefficient (Wildman–Crippen LogP) is 7.15. The molecule has 8 aromatic heterocycles. The van der Waals surface area contributed by atoms with Crippen molar-refractivity contribution in [1.82, 2.24) is 58.9 Å². The number of nitrogens with one attached hydrogen (secondary N) is 5. The third-order valence-corrected chi connectivity index (χ3v) is 13.1. The SMILES string of the molecule is C.C.CNc1cc(Nc2cccn(-c3ccc(C)nc3)c2=O)nc2c(C(=O)N[C@@H]3CC[C@H]3OC)cnn12.CO[C@@H]1CC[C@H]1NC(=O)c1cnn2c(N(C)C(=O)OC(C)(C)C)cc(Nc3cccn(-c4ccc(C)nc4)c3=O)nc12. The Morgan fingerprint density at radius 2 is 1.13 bits per heavy atom. The molecule has 79 heavy (non-hydrogen) atoms. The minimum Gasteiger partial charge on any atom is -0.443 e. The first kappa shape index (κ1) is 57.7. The van der Waals surface area contributed by atoms with Crippen LogP contribution in [0.3, 0.4) is 0 Å². The van der Waals surface area contributed by atoms with Crippen molar-refractivity contribution in [1.29, 1.82) is 0 Å². The maximum atomic E-state index is 13.4. The lowest BCUT2D eigenvalue weighted by Gasteiger charge is -2.35. The van der Waals surface area contributed by atoms with E-state index in [9.17, 15) is 24.0 Å². The van der Waals surface area contributed by atoms with Crippen LogP contribution in [0.5, 0.6) is 0 Å². The highest BCUT2D eigenvalue weighted by atomic mass is 16.6. The number of nitrogens with zero attached hydrogens (tertiary/aromatic N) is 11. The van der Waals surface area contributed by atoms with Crippen LogP contribution in [0.4, 0.5) is 39.4 Å². The van der Waals surface area contributed by atoms with E-state index in [0.717, 1.165) is 37.1 Å². The van der Waals surface area contributed by atoms with Crippen molar-refractivity contribution in [3.63, 3.8) is 0 Å². The monoisotopic (exact) mass is 1080 g/mol. The van der Waals surface area contributed by atoms with Gasteiger partial charge < -0.3 is 40.8 Å². The maximum Gasteiger partial charge on any atom is 0.415 e. The van der Waals surface area contributed by atoms with Gasteiger partial charge in [0.05, 0.1) is 60.5 Å². The molecule has 3 amide bonds. The summed E-state index contributed by atoms with van der Waals surface area (Å²) >= 11 is 0. The van der Waals surface area contributed by atoms with Gasteiger partial charge in [0.25, 0.3) is 22.9 Å². The average Bonchev–Trinajstić information content (AvgIpc) is 4.10. The van der Waals surface area contributed by atoms with Crippen molar-refractivity contribution in [2.24, 2.45) is 0 Å². The minimum atomic E-state index is -0.742. The van der Waals surface area contributed by atoms with Crippen LogP contribution in [0.15, 0.2) is 107 Å². The normalized spacial score (nSPS) is 16.4. The highest BCUT2D eigenvalue weighted by Gasteiger charge is 2.35. The number of hydrogen-bond donors (Lipinski definition) is 5. The molecule has 416 valence electrons. The molecule has 0 saturated heterocycles. The lowest BCUT2D eigenvalue weighted by atomic mass is 9.89. The van der Waals surface area contributed by atoms with E-state index in [0.29, 0.717) is 39.9 Å². The van der Waals surface area contributed by atoms with Gasteiger partial charge in [0, 0.05) is 64.2 Å². The predicted molar refractivity (Wildman–Crippen MR) is 302 cm³/mol. The number of hydrogen-bond acceptors (Lipinski definition) is 17. The van der Waals surface area contributed by atoms with Crippen LogP contribution in [0, 0.1) is 13.8 Å². The summed E-state index contributed by atoms with van der Waals surface area (Å²) in [4.78, 5) is 84.9. The van der Waals surface area contributed by atoms with E-state index in [2.05, 4.69) is 56.7 Å². The van der Waals surface area contributed by atoms with Crippen molar-refractivity contribution in [3.05, 3.63) is 141 Å². The Hall–Kier alpha value is -9.03. The Morgan fingerprint density at radius 1 is 0.658 bits per heavy atom. The first-order valence-corrected chi connectivity index (χ1v) is 24.9. The molecule has 2 saturated carbocycles. The molecule has 8 heterocycles. The van der Waals surface area contributed by atoms with E-state index in [4.69, 9.17) is 14.2 Å². The van der Waals surface area contributed by atoms with Gasteiger partial charge in [0.1, 0.15) is 51.4 Å². The van der Waals surface area contributed by atoms with Crippen LogP contribution < -0.4 is 42.6 Å². The largest absolute Gasteiger partial charge is 0.443 e. The van der Waals surface area contributed by atoms with E-state index >= 15 is 0 Å². The van der Waals surface area contributed by atoms with Gasteiger partial charge in [-0.05, 0) is 109 Å². The molecule has 0 radical (unpaired) electrons. The van der Waals surface area contributed by atoms with Crippen molar-refractivity contribution in [3.8, 4) is 11.4 Å². The fraction of sp³-hybridized carbons (Fsp3) is 0.364. The second-order valence-corrected chi connectivity index (χ2v) is 19.5. The second-order valence-electron chi connectivity index (χ2n) is 19.5. The van der Waals surface area contributed by atoms with E-state index < -0.39 is 11.7 Å². The molecule has 0 unspecified atom stereocenters. The molecule has 2 fully saturated rings. The average molecular weight is 1080 g/mol. The number of aryl methyl sites for hydroxylation is 2. The van der Waals surface area contributed by atoms with Crippen LogP contribution >= 0.6 is 0 Å². The fourth-order valence-corrected chi connectivity index (χ4v) is 8.59. The Bertz CT molecular complexity index is 3600. The summed E-state index contributed by atoms with van der Waals surface area (Å²) in [6.07, 6.45) is 12.2. The summed E-state index contributed by atoms with van der Waals surface area (Å²) < 4.78 is 22.3. The smallest absolute Gasteiger partial charge is 0.415 e. The third kappa shape index (κ3) is 12.4. The summed E-state index contributed by atoms with van der Waals surface area (Å²) in [5, 5.41) is 23.9. The van der Waals surface area contributed by atoms with E-state index in [1.165, 1.54) is 38.0 Å². The van der Waals surface area contributed by atoms with Gasteiger partial charge in [-0.1, -0.05) is 14.9 Å². The van der Waals surface area contributed by atoms with Gasteiger partial charge in [-0.3, -0.25) is 43.2 Å². The number of carbonyl (C=O) groups excluding carboxylic acids is 3. The highest BCUT2D eigenvalue weighted by molar-refractivity contribution is 6.01. The van der Waals surface area contributed by atoms with Crippen molar-refractivity contribution in [2.75, 3.05) is 49.2 Å². The minimum absolute atomic E-state index is 0. The number of carbonyl (C=O) groups is 3. The molecule has 0 aliphatic heterocycles. The third-order valence-electron chi connectivity index (χ3n) is 13.1. The zero-order chi connectivity index (χ0) is 54.7. The number of fused-ring (bicyclic) bond motifs is 2. The molecule has 0 aromatic carbocycles. The zero-order valence-corrected chi connectivity index (χ0v) is 44.1. The Kier molecular flexibility index (Phi) is 17.6. The summed E-state index contributed by atoms with van der Waals surface area (Å²) in [5.74, 6) is 0.847. The number of ether oxygens (including phenoxy) is 3. The van der Waals surface area contributed by atoms with Crippen LogP contribution in [0.1, 0.15) is 93.4 Å². The standard InChI is InChI=1S/C29H34N8O5.C24H26N8O3.2CH4/c1-17-9-10-18(15-30-17)36-13-7-8-21(27(36)39)32-23-14-24(35(5)28(40)42-29(2,3)4)37-25(34-23)19(16-31-37)26(38)33-20-11-12-22(20)41-6;1-14-6-7-15(12-26-14)31-10-4-5-18(24(31)34)28-20-11-21(25-2)32-22(30-20)16(13-27-32)23(33)29-17-8-9-19(17)35-3;;/h7-10,13-16,20,22H,11-12H2,1-6H3,(H,32,34)(H,33,38);4-7,10-13,17,19,25H,8-9H2,1-3H3,(H,28,30)(H,29,33);2*1H4/t20-,22-;17-,19-;;/m11../s1. The van der Waals surface area contributed by atoms with Gasteiger partial charge in [0.15, 0.2) is 11.3 Å². The molecule has 0 spiro atoms. The lowest BCUT2D eigenvalue weighted by molar-refractivity contribution is 0.00731. The number of pyridine rings is 4. The number of aromatic nitrogens is 10.